The Hall–Kier alpha value is -1.83. The fourth-order valence-electron chi connectivity index (χ4n) is 2.77. The minimum atomic E-state index is -2.66. The maximum atomic E-state index is 11.6. The van der Waals surface area contributed by atoms with Crippen LogP contribution >= 0.6 is 0 Å². The van der Waals surface area contributed by atoms with Gasteiger partial charge in [-0.2, -0.15) is 0 Å². The van der Waals surface area contributed by atoms with E-state index in [0.717, 1.165) is 0 Å². The number of rotatable bonds is 9. The van der Waals surface area contributed by atoms with E-state index in [1.165, 1.54) is 13.8 Å². The highest BCUT2D eigenvalue weighted by Gasteiger charge is 2.50. The van der Waals surface area contributed by atoms with Crippen LogP contribution in [0.15, 0.2) is 0 Å². The lowest BCUT2D eigenvalue weighted by Crippen LogP contribution is -2.58. The van der Waals surface area contributed by atoms with Gasteiger partial charge in [-0.25, -0.2) is 4.79 Å². The zero-order valence-electron chi connectivity index (χ0n) is 15.6. The first-order valence-corrected chi connectivity index (χ1v) is 8.71. The van der Waals surface area contributed by atoms with Gasteiger partial charge in [0.2, 0.25) is 5.91 Å². The topological polar surface area (TPSA) is 209 Å². The van der Waals surface area contributed by atoms with E-state index in [2.05, 4.69) is 5.32 Å². The van der Waals surface area contributed by atoms with Crippen molar-refractivity contribution in [2.75, 3.05) is 13.2 Å². The molecule has 0 spiro atoms. The second kappa shape index (κ2) is 10.1. The maximum absolute atomic E-state index is 11.6. The third-order valence-electron chi connectivity index (χ3n) is 4.44. The quantitative estimate of drug-likeness (QED) is 0.188. The van der Waals surface area contributed by atoms with Gasteiger partial charge in [-0.3, -0.25) is 9.59 Å². The molecule has 162 valence electrons. The van der Waals surface area contributed by atoms with Crippen LogP contribution in [-0.4, -0.2) is 92.8 Å². The minimum absolute atomic E-state index is 0.0870. The molecular weight excluding hydrogens is 380 g/mol. The molecule has 7 atom stereocenters. The van der Waals surface area contributed by atoms with Gasteiger partial charge < -0.3 is 46.1 Å². The van der Waals surface area contributed by atoms with E-state index in [1.807, 2.05) is 0 Å². The molecule has 0 aromatic carbocycles. The summed E-state index contributed by atoms with van der Waals surface area (Å²) < 4.78 is 9.98. The smallest absolute Gasteiger partial charge is 0.364 e. The molecule has 12 heteroatoms. The fourth-order valence-corrected chi connectivity index (χ4v) is 2.77. The normalized spacial score (nSPS) is 30.8. The number of hydrogen-bond donors (Lipinski definition) is 7. The average Bonchev–Trinajstić information content (AvgIpc) is 2.57. The molecule has 12 nitrogen and oxygen atoms in total. The fraction of sp³-hybridized carbons (Fsp3) is 0.812. The van der Waals surface area contributed by atoms with Gasteiger partial charge in [0.05, 0.1) is 24.4 Å². The van der Waals surface area contributed by atoms with Gasteiger partial charge in [-0.15, -0.1) is 0 Å². The van der Waals surface area contributed by atoms with E-state index in [-0.39, 0.29) is 13.0 Å². The maximum Gasteiger partial charge on any atom is 0.364 e. The third kappa shape index (κ3) is 6.65. The molecule has 28 heavy (non-hydrogen) atoms. The Bertz CT molecular complexity index is 572. The third-order valence-corrected chi connectivity index (χ3v) is 4.44. The summed E-state index contributed by atoms with van der Waals surface area (Å²) in [5.74, 6) is -6.55. The van der Waals surface area contributed by atoms with Crippen LogP contribution in [0.25, 0.3) is 0 Å². The number of aliphatic hydroxyl groups is 4. The number of nitrogens with two attached hydrogens (primary N) is 1. The van der Waals surface area contributed by atoms with Gasteiger partial charge in [0.25, 0.3) is 5.79 Å². The van der Waals surface area contributed by atoms with Crippen LogP contribution in [0.2, 0.25) is 0 Å². The zero-order chi connectivity index (χ0) is 21.6. The van der Waals surface area contributed by atoms with E-state index in [1.54, 1.807) is 0 Å². The molecule has 4 unspecified atom stereocenters. The lowest BCUT2D eigenvalue weighted by Gasteiger charge is -2.43. The molecule has 1 aliphatic heterocycles. The van der Waals surface area contributed by atoms with Crippen molar-refractivity contribution >= 4 is 17.8 Å². The lowest BCUT2D eigenvalue weighted by atomic mass is 9.84. The molecule has 0 aliphatic carbocycles. The number of carboxylic acids is 1. The van der Waals surface area contributed by atoms with E-state index in [0.29, 0.717) is 0 Å². The second-order valence-corrected chi connectivity index (χ2v) is 6.90. The molecule has 1 fully saturated rings. The number of ether oxygens (including phenoxy) is 2. The lowest BCUT2D eigenvalue weighted by molar-refractivity contribution is -0.287. The van der Waals surface area contributed by atoms with Crippen molar-refractivity contribution in [1.29, 1.82) is 0 Å². The molecule has 1 amide bonds. The Kier molecular flexibility index (Phi) is 8.73. The Morgan fingerprint density at radius 3 is 2.46 bits per heavy atom. The van der Waals surface area contributed by atoms with Crippen LogP contribution in [-0.2, 0) is 23.9 Å². The summed E-state index contributed by atoms with van der Waals surface area (Å²) in [6.45, 7) is 1.92. The summed E-state index contributed by atoms with van der Waals surface area (Å²) in [6.07, 6.45) is -5.96. The number of amides is 1. The first kappa shape index (κ1) is 24.2. The van der Waals surface area contributed by atoms with E-state index >= 15 is 0 Å². The van der Waals surface area contributed by atoms with Crippen molar-refractivity contribution in [2.45, 2.75) is 62.9 Å². The monoisotopic (exact) mass is 408 g/mol. The molecule has 0 aromatic rings. The first-order valence-electron chi connectivity index (χ1n) is 8.71. The van der Waals surface area contributed by atoms with Crippen molar-refractivity contribution in [1.82, 2.24) is 5.32 Å². The minimum Gasteiger partial charge on any atom is -0.477 e. The number of esters is 1. The van der Waals surface area contributed by atoms with Crippen LogP contribution < -0.4 is 11.1 Å². The molecular formula is C16H28N2O10. The van der Waals surface area contributed by atoms with Crippen LogP contribution in [0.3, 0.4) is 0 Å². The first-order chi connectivity index (χ1) is 12.9. The average molecular weight is 408 g/mol. The number of aliphatic hydroxyl groups excluding tert-OH is 3. The van der Waals surface area contributed by atoms with Crippen LogP contribution in [0.1, 0.15) is 26.7 Å². The van der Waals surface area contributed by atoms with Gasteiger partial charge in [-0.05, 0) is 6.92 Å². The number of hydrogen-bond acceptors (Lipinski definition) is 10. The highest BCUT2D eigenvalue weighted by atomic mass is 16.7. The van der Waals surface area contributed by atoms with Crippen LogP contribution in [0.4, 0.5) is 0 Å². The van der Waals surface area contributed by atoms with E-state index in [9.17, 15) is 34.8 Å². The molecule has 0 saturated carbocycles. The number of carbonyl (C=O) groups excluding carboxylic acids is 2. The molecule has 0 bridgehead atoms. The number of carbonyl (C=O) groups is 3. The summed E-state index contributed by atoms with van der Waals surface area (Å²) in [4.78, 5) is 34.0. The van der Waals surface area contributed by atoms with Crippen molar-refractivity contribution in [3.05, 3.63) is 0 Å². The molecule has 1 heterocycles. The van der Waals surface area contributed by atoms with Crippen molar-refractivity contribution in [3.63, 3.8) is 0 Å². The van der Waals surface area contributed by atoms with Gasteiger partial charge in [0.15, 0.2) is 0 Å². The second-order valence-electron chi connectivity index (χ2n) is 6.90. The largest absolute Gasteiger partial charge is 0.477 e. The highest BCUT2D eigenvalue weighted by molar-refractivity contribution is 5.76. The van der Waals surface area contributed by atoms with Gasteiger partial charge >= 0.3 is 11.9 Å². The Balaban J connectivity index is 2.79. The summed E-state index contributed by atoms with van der Waals surface area (Å²) >= 11 is 0. The molecule has 1 rings (SSSR count). The molecule has 8 N–H and O–H groups in total. The van der Waals surface area contributed by atoms with Crippen molar-refractivity contribution in [3.8, 4) is 0 Å². The summed E-state index contributed by atoms with van der Waals surface area (Å²) in [5.41, 5.74) is 5.41. The number of nitrogens with one attached hydrogen (secondary N) is 1. The Morgan fingerprint density at radius 2 is 1.96 bits per heavy atom. The van der Waals surface area contributed by atoms with Gasteiger partial charge in [0, 0.05) is 32.2 Å². The zero-order valence-corrected chi connectivity index (χ0v) is 15.6. The molecule has 1 saturated heterocycles. The molecule has 0 aromatic heterocycles. The summed E-state index contributed by atoms with van der Waals surface area (Å²) in [6, 6.07) is -1.30. The van der Waals surface area contributed by atoms with E-state index in [4.69, 9.17) is 20.3 Å². The number of carboxylic acid groups (broad SMARTS) is 1. The van der Waals surface area contributed by atoms with Crippen molar-refractivity contribution in [2.24, 2.45) is 11.7 Å². The molecule has 1 aliphatic rings. The Morgan fingerprint density at radius 1 is 1.36 bits per heavy atom. The predicted octanol–water partition coefficient (Wildman–Crippen LogP) is -3.34. The Labute approximate surface area is 161 Å². The van der Waals surface area contributed by atoms with Gasteiger partial charge in [-0.1, -0.05) is 0 Å². The van der Waals surface area contributed by atoms with Crippen molar-refractivity contribution < 1.29 is 49.4 Å². The van der Waals surface area contributed by atoms with E-state index < -0.39 is 73.0 Å². The SMILES string of the molecule is CC(=O)NCC1C(O)CC(O)(C(=O)O)OC1C[C@H](O)COC(=O)[C@H](N)[C@H](C)O. The van der Waals surface area contributed by atoms with Gasteiger partial charge in [0.1, 0.15) is 12.6 Å². The summed E-state index contributed by atoms with van der Waals surface area (Å²) in [7, 11) is 0. The highest BCUT2D eigenvalue weighted by Crippen LogP contribution is 2.33. The predicted molar refractivity (Wildman–Crippen MR) is 91.5 cm³/mol. The van der Waals surface area contributed by atoms with Crippen LogP contribution in [0, 0.1) is 5.92 Å². The standard InChI is InChI=1S/C16H28N2O10/c1-7(19)13(17)14(23)27-6-9(21)3-12-10(5-18-8(2)20)11(22)4-16(26,28-12)15(24)25/h7,9-13,19,21-22,26H,3-6,17H2,1-2H3,(H,18,20)(H,24,25)/t7-,9-,10?,11?,12?,13+,16?/m0/s1. The molecule has 0 radical (unpaired) electrons. The van der Waals surface area contributed by atoms with Crippen LogP contribution in [0.5, 0.6) is 0 Å². The summed E-state index contributed by atoms with van der Waals surface area (Å²) in [5, 5.41) is 51.2. The number of aliphatic carboxylic acids is 1.